The molecule has 0 aromatic heterocycles. The number of hydrogen-bond acceptors (Lipinski definition) is 3. The zero-order valence-electron chi connectivity index (χ0n) is 11.8. The molecule has 0 heterocycles. The van der Waals surface area contributed by atoms with Crippen LogP contribution in [0.4, 0.5) is 5.69 Å². The van der Waals surface area contributed by atoms with Crippen molar-refractivity contribution in [3.05, 3.63) is 65.7 Å². The predicted molar refractivity (Wildman–Crippen MR) is 80.9 cm³/mol. The first kappa shape index (κ1) is 14.1. The molecular formula is C17H19NO2. The summed E-state index contributed by atoms with van der Waals surface area (Å²) in [5, 5.41) is 3.39. The fourth-order valence-electron chi connectivity index (χ4n) is 2.03. The van der Waals surface area contributed by atoms with Crippen LogP contribution in [0.1, 0.15) is 35.8 Å². The van der Waals surface area contributed by atoms with Crippen LogP contribution in [-0.2, 0) is 4.74 Å². The number of esters is 1. The average molecular weight is 269 g/mol. The molecule has 0 radical (unpaired) electrons. The molecule has 0 saturated carbocycles. The van der Waals surface area contributed by atoms with Gasteiger partial charge in [0.2, 0.25) is 0 Å². The van der Waals surface area contributed by atoms with E-state index in [0.29, 0.717) is 12.2 Å². The van der Waals surface area contributed by atoms with Gasteiger partial charge in [-0.05, 0) is 37.6 Å². The maximum atomic E-state index is 11.7. The molecule has 1 N–H and O–H groups in total. The number of ether oxygens (including phenoxy) is 1. The molecule has 2 aromatic carbocycles. The number of nitrogens with one attached hydrogen (secondary N) is 1. The first-order chi connectivity index (χ1) is 9.70. The minimum Gasteiger partial charge on any atom is -0.462 e. The number of anilines is 1. The van der Waals surface area contributed by atoms with Gasteiger partial charge >= 0.3 is 5.97 Å². The highest BCUT2D eigenvalue weighted by Crippen LogP contribution is 2.20. The van der Waals surface area contributed by atoms with Gasteiger partial charge in [-0.2, -0.15) is 0 Å². The van der Waals surface area contributed by atoms with E-state index < -0.39 is 0 Å². The van der Waals surface area contributed by atoms with Crippen LogP contribution >= 0.6 is 0 Å². The van der Waals surface area contributed by atoms with Crippen LogP contribution in [0.15, 0.2) is 54.6 Å². The topological polar surface area (TPSA) is 38.3 Å². The van der Waals surface area contributed by atoms with E-state index in [2.05, 4.69) is 24.4 Å². The molecule has 0 spiro atoms. The highest BCUT2D eigenvalue weighted by atomic mass is 16.5. The summed E-state index contributed by atoms with van der Waals surface area (Å²) in [7, 11) is 0. The fourth-order valence-corrected chi connectivity index (χ4v) is 2.03. The van der Waals surface area contributed by atoms with Gasteiger partial charge < -0.3 is 10.1 Å². The van der Waals surface area contributed by atoms with Gasteiger partial charge in [0.25, 0.3) is 0 Å². The second-order valence-corrected chi connectivity index (χ2v) is 4.58. The molecule has 1 unspecified atom stereocenters. The van der Waals surface area contributed by atoms with Crippen LogP contribution in [0, 0.1) is 0 Å². The molecule has 0 aliphatic rings. The van der Waals surface area contributed by atoms with E-state index in [1.54, 1.807) is 13.0 Å². The van der Waals surface area contributed by atoms with Gasteiger partial charge in [0.05, 0.1) is 12.2 Å². The summed E-state index contributed by atoms with van der Waals surface area (Å²) in [5.74, 6) is -0.288. The summed E-state index contributed by atoms with van der Waals surface area (Å²) in [4.78, 5) is 11.7. The maximum Gasteiger partial charge on any atom is 0.338 e. The summed E-state index contributed by atoms with van der Waals surface area (Å²) in [6.07, 6.45) is 0. The van der Waals surface area contributed by atoms with Crippen LogP contribution in [0.5, 0.6) is 0 Å². The van der Waals surface area contributed by atoms with E-state index in [0.717, 1.165) is 5.69 Å². The molecule has 0 fully saturated rings. The van der Waals surface area contributed by atoms with Crippen molar-refractivity contribution in [1.82, 2.24) is 0 Å². The smallest absolute Gasteiger partial charge is 0.338 e. The molecule has 104 valence electrons. The molecule has 0 bridgehead atoms. The third-order valence-electron chi connectivity index (χ3n) is 3.06. The van der Waals surface area contributed by atoms with Crippen LogP contribution in [-0.4, -0.2) is 12.6 Å². The Bertz CT molecular complexity index is 566. The summed E-state index contributed by atoms with van der Waals surface area (Å²) in [6, 6.07) is 17.7. The van der Waals surface area contributed by atoms with E-state index in [4.69, 9.17) is 4.74 Å². The van der Waals surface area contributed by atoms with E-state index in [1.807, 2.05) is 36.4 Å². The Morgan fingerprint density at radius 3 is 2.60 bits per heavy atom. The van der Waals surface area contributed by atoms with Gasteiger partial charge in [0.1, 0.15) is 0 Å². The molecule has 1 atom stereocenters. The van der Waals surface area contributed by atoms with Crippen LogP contribution in [0.3, 0.4) is 0 Å². The summed E-state index contributed by atoms with van der Waals surface area (Å²) in [5.41, 5.74) is 2.68. The Hall–Kier alpha value is -2.29. The fraction of sp³-hybridized carbons (Fsp3) is 0.235. The summed E-state index contributed by atoms with van der Waals surface area (Å²) < 4.78 is 5.01. The molecule has 20 heavy (non-hydrogen) atoms. The molecule has 0 aliphatic carbocycles. The zero-order valence-corrected chi connectivity index (χ0v) is 11.8. The lowest BCUT2D eigenvalue weighted by molar-refractivity contribution is 0.0526. The molecule has 3 heteroatoms. The van der Waals surface area contributed by atoms with E-state index in [1.165, 1.54) is 5.56 Å². The first-order valence-electron chi connectivity index (χ1n) is 6.79. The largest absolute Gasteiger partial charge is 0.462 e. The van der Waals surface area contributed by atoms with Gasteiger partial charge in [0, 0.05) is 11.7 Å². The van der Waals surface area contributed by atoms with Gasteiger partial charge in [-0.15, -0.1) is 0 Å². The van der Waals surface area contributed by atoms with E-state index >= 15 is 0 Å². The first-order valence-corrected chi connectivity index (χ1v) is 6.79. The number of carbonyl (C=O) groups excluding carboxylic acids is 1. The highest BCUT2D eigenvalue weighted by Gasteiger charge is 2.09. The quantitative estimate of drug-likeness (QED) is 0.833. The Morgan fingerprint density at radius 2 is 1.90 bits per heavy atom. The normalized spacial score (nSPS) is 11.7. The van der Waals surface area contributed by atoms with Crippen molar-refractivity contribution >= 4 is 11.7 Å². The molecular weight excluding hydrogens is 250 g/mol. The predicted octanol–water partition coefficient (Wildman–Crippen LogP) is 4.04. The van der Waals surface area contributed by atoms with Gasteiger partial charge in [-0.25, -0.2) is 4.79 Å². The SMILES string of the molecule is CCOC(=O)c1cccc(NC(C)c2ccccc2)c1. The molecule has 2 rings (SSSR count). The van der Waals surface area contributed by atoms with Crippen molar-refractivity contribution in [3.8, 4) is 0 Å². The average Bonchev–Trinajstić information content (AvgIpc) is 2.48. The molecule has 0 amide bonds. The monoisotopic (exact) mass is 269 g/mol. The minimum atomic E-state index is -0.288. The molecule has 3 nitrogen and oxygen atoms in total. The number of hydrogen-bond donors (Lipinski definition) is 1. The zero-order chi connectivity index (χ0) is 14.4. The van der Waals surface area contributed by atoms with Crippen molar-refractivity contribution in [3.63, 3.8) is 0 Å². The molecule has 0 saturated heterocycles. The Balaban J connectivity index is 2.10. The van der Waals surface area contributed by atoms with Crippen molar-refractivity contribution < 1.29 is 9.53 Å². The third-order valence-corrected chi connectivity index (χ3v) is 3.06. The second-order valence-electron chi connectivity index (χ2n) is 4.58. The van der Waals surface area contributed by atoms with Crippen LogP contribution in [0.2, 0.25) is 0 Å². The van der Waals surface area contributed by atoms with Gasteiger partial charge in [0.15, 0.2) is 0 Å². The van der Waals surface area contributed by atoms with Crippen LogP contribution in [0.25, 0.3) is 0 Å². The Labute approximate surface area is 119 Å². The van der Waals surface area contributed by atoms with Gasteiger partial charge in [-0.3, -0.25) is 0 Å². The lowest BCUT2D eigenvalue weighted by atomic mass is 10.1. The third kappa shape index (κ3) is 3.60. The second kappa shape index (κ2) is 6.75. The van der Waals surface area contributed by atoms with Gasteiger partial charge in [-0.1, -0.05) is 36.4 Å². The van der Waals surface area contributed by atoms with Crippen molar-refractivity contribution in [2.45, 2.75) is 19.9 Å². The molecule has 2 aromatic rings. The highest BCUT2D eigenvalue weighted by molar-refractivity contribution is 5.90. The van der Waals surface area contributed by atoms with Crippen molar-refractivity contribution in [2.24, 2.45) is 0 Å². The standard InChI is InChI=1S/C17H19NO2/c1-3-20-17(19)15-10-7-11-16(12-15)18-13(2)14-8-5-4-6-9-14/h4-13,18H,3H2,1-2H3. The molecule has 0 aliphatic heterocycles. The number of benzene rings is 2. The number of rotatable bonds is 5. The maximum absolute atomic E-state index is 11.7. The van der Waals surface area contributed by atoms with E-state index in [9.17, 15) is 4.79 Å². The Kier molecular flexibility index (Phi) is 4.77. The van der Waals surface area contributed by atoms with E-state index in [-0.39, 0.29) is 12.0 Å². The van der Waals surface area contributed by atoms with Crippen LogP contribution < -0.4 is 5.32 Å². The minimum absolute atomic E-state index is 0.175. The summed E-state index contributed by atoms with van der Waals surface area (Å²) >= 11 is 0. The lowest BCUT2D eigenvalue weighted by Crippen LogP contribution is -2.08. The Morgan fingerprint density at radius 1 is 1.15 bits per heavy atom. The number of carbonyl (C=O) groups is 1. The van der Waals surface area contributed by atoms with Crippen molar-refractivity contribution in [1.29, 1.82) is 0 Å². The van der Waals surface area contributed by atoms with Crippen molar-refractivity contribution in [2.75, 3.05) is 11.9 Å². The lowest BCUT2D eigenvalue weighted by Gasteiger charge is -2.16. The summed E-state index contributed by atoms with van der Waals surface area (Å²) in [6.45, 7) is 4.28.